The molecular formula is C19H16F3N5O4. The maximum Gasteiger partial charge on any atom is 0.411 e. The zero-order chi connectivity index (χ0) is 22.9. The van der Waals surface area contributed by atoms with E-state index in [0.717, 1.165) is 23.3 Å². The van der Waals surface area contributed by atoms with Crippen LogP contribution in [0.4, 0.5) is 19.0 Å². The topological polar surface area (TPSA) is 111 Å². The number of hydrogen-bond donors (Lipinski definition) is 2. The van der Waals surface area contributed by atoms with Crippen LogP contribution in [0.15, 0.2) is 44.7 Å². The second-order valence-electron chi connectivity index (χ2n) is 7.22. The lowest BCUT2D eigenvalue weighted by Gasteiger charge is -2.28. The molecule has 12 heteroatoms. The lowest BCUT2D eigenvalue weighted by atomic mass is 9.75. The molecule has 9 nitrogen and oxygen atoms in total. The molecular weight excluding hydrogens is 419 g/mol. The maximum atomic E-state index is 14.7. The van der Waals surface area contributed by atoms with Gasteiger partial charge in [-0.25, -0.2) is 9.48 Å². The van der Waals surface area contributed by atoms with Crippen LogP contribution in [-0.2, 0) is 24.3 Å². The molecule has 2 N–H and O–H groups in total. The summed E-state index contributed by atoms with van der Waals surface area (Å²) in [6.45, 7) is 1.21. The van der Waals surface area contributed by atoms with Crippen LogP contribution >= 0.6 is 0 Å². The summed E-state index contributed by atoms with van der Waals surface area (Å²) in [5, 5.41) is 4.56. The second-order valence-corrected chi connectivity index (χ2v) is 7.22. The van der Waals surface area contributed by atoms with Crippen LogP contribution in [-0.4, -0.2) is 31.0 Å². The lowest BCUT2D eigenvalue weighted by Crippen LogP contribution is -2.55. The van der Waals surface area contributed by atoms with Crippen molar-refractivity contribution >= 4 is 11.7 Å². The zero-order valence-electron chi connectivity index (χ0n) is 16.5. The van der Waals surface area contributed by atoms with Gasteiger partial charge in [0, 0.05) is 19.8 Å². The molecule has 0 saturated heterocycles. The minimum atomic E-state index is -5.37. The SMILES string of the molecule is Cc1[nH]n(-c2ccccc2)c(=O)c1C1(C(F)(F)F)C(=O)Nc2c1c(=O)n(C)c(=O)n2C. The number of hydrogen-bond acceptors (Lipinski definition) is 4. The van der Waals surface area contributed by atoms with Gasteiger partial charge >= 0.3 is 11.9 Å². The highest BCUT2D eigenvalue weighted by molar-refractivity contribution is 6.08. The summed E-state index contributed by atoms with van der Waals surface area (Å²) >= 11 is 0. The number of halogens is 3. The van der Waals surface area contributed by atoms with Gasteiger partial charge in [-0.1, -0.05) is 18.2 Å². The van der Waals surface area contributed by atoms with E-state index in [9.17, 15) is 32.3 Å². The first-order chi connectivity index (χ1) is 14.4. The number of aromatic amines is 1. The summed E-state index contributed by atoms with van der Waals surface area (Å²) in [7, 11) is 2.13. The Balaban J connectivity index is 2.20. The summed E-state index contributed by atoms with van der Waals surface area (Å²) < 4.78 is 46.1. The van der Waals surface area contributed by atoms with E-state index in [0.29, 0.717) is 4.57 Å². The average molecular weight is 435 g/mol. The minimum absolute atomic E-state index is 0.242. The highest BCUT2D eigenvalue weighted by Crippen LogP contribution is 2.50. The van der Waals surface area contributed by atoms with Gasteiger partial charge in [-0.15, -0.1) is 0 Å². The normalized spacial score (nSPS) is 18.2. The van der Waals surface area contributed by atoms with Gasteiger partial charge < -0.3 is 5.32 Å². The Hall–Kier alpha value is -3.83. The van der Waals surface area contributed by atoms with Crippen molar-refractivity contribution in [2.75, 3.05) is 5.32 Å². The molecule has 0 aliphatic carbocycles. The van der Waals surface area contributed by atoms with Crippen molar-refractivity contribution in [3.8, 4) is 5.69 Å². The molecule has 31 heavy (non-hydrogen) atoms. The summed E-state index contributed by atoms with van der Waals surface area (Å²) in [6, 6.07) is 7.81. The number of amides is 1. The van der Waals surface area contributed by atoms with Crippen molar-refractivity contribution in [3.05, 3.63) is 78.3 Å². The predicted octanol–water partition coefficient (Wildman–Crippen LogP) is 0.672. The molecule has 1 aliphatic rings. The first-order valence-corrected chi connectivity index (χ1v) is 9.00. The third-order valence-electron chi connectivity index (χ3n) is 5.50. The molecule has 1 aliphatic heterocycles. The summed E-state index contributed by atoms with van der Waals surface area (Å²) in [4.78, 5) is 51.2. The fourth-order valence-electron chi connectivity index (χ4n) is 4.04. The van der Waals surface area contributed by atoms with E-state index in [1.165, 1.54) is 19.1 Å². The predicted molar refractivity (Wildman–Crippen MR) is 104 cm³/mol. The summed E-state index contributed by atoms with van der Waals surface area (Å²) in [6.07, 6.45) is -5.37. The van der Waals surface area contributed by atoms with Crippen molar-refractivity contribution in [2.24, 2.45) is 14.1 Å². The second kappa shape index (κ2) is 6.33. The van der Waals surface area contributed by atoms with Crippen LogP contribution in [0, 0.1) is 6.92 Å². The number of fused-ring (bicyclic) bond motifs is 1. The summed E-state index contributed by atoms with van der Waals surface area (Å²) in [5.41, 5.74) is -8.93. The van der Waals surface area contributed by atoms with E-state index >= 15 is 0 Å². The van der Waals surface area contributed by atoms with Crippen molar-refractivity contribution in [3.63, 3.8) is 0 Å². The smallest absolute Gasteiger partial charge is 0.310 e. The average Bonchev–Trinajstić information content (AvgIpc) is 3.19. The van der Waals surface area contributed by atoms with Crippen LogP contribution < -0.4 is 22.1 Å². The van der Waals surface area contributed by atoms with Crippen LogP contribution in [0.1, 0.15) is 16.8 Å². The fourth-order valence-corrected chi connectivity index (χ4v) is 4.04. The third-order valence-corrected chi connectivity index (χ3v) is 5.50. The lowest BCUT2D eigenvalue weighted by molar-refractivity contribution is -0.181. The molecule has 1 aromatic carbocycles. The number of nitrogens with one attached hydrogen (secondary N) is 2. The number of benzene rings is 1. The van der Waals surface area contributed by atoms with Crippen molar-refractivity contribution in [1.29, 1.82) is 0 Å². The Labute approximate surface area is 171 Å². The molecule has 0 fully saturated rings. The largest absolute Gasteiger partial charge is 0.411 e. The monoisotopic (exact) mass is 435 g/mol. The van der Waals surface area contributed by atoms with Crippen LogP contribution in [0.2, 0.25) is 0 Å². The minimum Gasteiger partial charge on any atom is -0.310 e. The number of carbonyl (C=O) groups excluding carboxylic acids is 1. The molecule has 1 atom stereocenters. The molecule has 162 valence electrons. The molecule has 3 heterocycles. The van der Waals surface area contributed by atoms with Gasteiger partial charge in [-0.05, 0) is 19.1 Å². The van der Waals surface area contributed by atoms with Crippen molar-refractivity contribution < 1.29 is 18.0 Å². The molecule has 1 amide bonds. The Bertz CT molecular complexity index is 1410. The van der Waals surface area contributed by atoms with Gasteiger partial charge in [-0.2, -0.15) is 13.2 Å². The number of carbonyl (C=O) groups is 1. The molecule has 0 bridgehead atoms. The number of para-hydroxylation sites is 1. The number of alkyl halides is 3. The van der Waals surface area contributed by atoms with Gasteiger partial charge in [0.15, 0.2) is 0 Å². The van der Waals surface area contributed by atoms with E-state index in [2.05, 4.69) is 5.10 Å². The number of aryl methyl sites for hydroxylation is 1. The Morgan fingerprint density at radius 3 is 2.10 bits per heavy atom. The fraction of sp³-hybridized carbons (Fsp3) is 0.263. The van der Waals surface area contributed by atoms with Gasteiger partial charge in [0.05, 0.1) is 16.8 Å². The number of anilines is 1. The van der Waals surface area contributed by atoms with E-state index in [-0.39, 0.29) is 11.4 Å². The number of rotatable bonds is 2. The highest BCUT2D eigenvalue weighted by atomic mass is 19.4. The zero-order valence-corrected chi connectivity index (χ0v) is 16.5. The molecule has 0 saturated carbocycles. The van der Waals surface area contributed by atoms with Gasteiger partial charge in [-0.3, -0.25) is 28.6 Å². The van der Waals surface area contributed by atoms with Gasteiger partial charge in [0.1, 0.15) is 5.82 Å². The molecule has 4 rings (SSSR count). The van der Waals surface area contributed by atoms with E-state index in [1.807, 2.05) is 5.32 Å². The molecule has 0 spiro atoms. The first-order valence-electron chi connectivity index (χ1n) is 9.00. The Morgan fingerprint density at radius 1 is 0.903 bits per heavy atom. The third kappa shape index (κ3) is 2.44. The number of H-pyrrole nitrogens is 1. The van der Waals surface area contributed by atoms with Crippen molar-refractivity contribution in [2.45, 2.75) is 18.5 Å². The molecule has 3 aromatic rings. The van der Waals surface area contributed by atoms with E-state index in [4.69, 9.17) is 0 Å². The quantitative estimate of drug-likeness (QED) is 0.617. The summed E-state index contributed by atoms with van der Waals surface area (Å²) in [5.74, 6) is -2.23. The van der Waals surface area contributed by atoms with E-state index < -0.39 is 51.3 Å². The molecule has 1 unspecified atom stereocenters. The van der Waals surface area contributed by atoms with Gasteiger partial charge in [0.2, 0.25) is 5.41 Å². The molecule has 2 aromatic heterocycles. The number of aromatic nitrogens is 4. The Morgan fingerprint density at radius 2 is 1.52 bits per heavy atom. The first kappa shape index (κ1) is 20.4. The number of nitrogens with zero attached hydrogens (tertiary/aromatic N) is 3. The van der Waals surface area contributed by atoms with E-state index in [1.54, 1.807) is 18.2 Å². The molecule has 0 radical (unpaired) electrons. The maximum absolute atomic E-state index is 14.7. The highest BCUT2D eigenvalue weighted by Gasteiger charge is 2.70. The van der Waals surface area contributed by atoms with Gasteiger partial charge in [0.25, 0.3) is 17.0 Å². The Kier molecular flexibility index (Phi) is 4.18. The van der Waals surface area contributed by atoms with Crippen LogP contribution in [0.5, 0.6) is 0 Å². The van der Waals surface area contributed by atoms with Crippen molar-refractivity contribution in [1.82, 2.24) is 18.9 Å². The van der Waals surface area contributed by atoms with Crippen LogP contribution in [0.25, 0.3) is 5.69 Å². The van der Waals surface area contributed by atoms with Crippen LogP contribution in [0.3, 0.4) is 0 Å². The standard InChI is InChI=1S/C19H16F3N5O4/c1-9-11(15(29)27(24-9)10-7-5-4-6-8-10)18(19(20,21)22)12-13(23-16(18)30)25(2)17(31)26(3)14(12)28/h4-8,24H,1-3H3,(H,23,30).